The van der Waals surface area contributed by atoms with Crippen LogP contribution < -0.4 is 5.32 Å². The fourth-order valence-corrected chi connectivity index (χ4v) is 4.20. The van der Waals surface area contributed by atoms with Gasteiger partial charge < -0.3 is 4.98 Å². The Labute approximate surface area is 199 Å². The zero-order chi connectivity index (χ0) is 21.2. The highest BCUT2D eigenvalue weighted by Gasteiger charge is 2.21. The van der Waals surface area contributed by atoms with Gasteiger partial charge in [-0.15, -0.1) is 35.3 Å². The molecule has 5 nitrogen and oxygen atoms in total. The summed E-state index contributed by atoms with van der Waals surface area (Å²) in [5.74, 6) is 0.780. The number of thiazole rings is 1. The van der Waals surface area contributed by atoms with Crippen molar-refractivity contribution in [3.63, 3.8) is 0 Å². The molecule has 1 amide bonds. The highest BCUT2D eigenvalue weighted by Crippen LogP contribution is 2.31. The van der Waals surface area contributed by atoms with Crippen molar-refractivity contribution in [3.8, 4) is 22.6 Å². The van der Waals surface area contributed by atoms with Crippen LogP contribution in [0.25, 0.3) is 33.4 Å². The number of aromatic nitrogens is 3. The Balaban J connectivity index is 0.00000245. The van der Waals surface area contributed by atoms with E-state index in [1.54, 1.807) is 6.20 Å². The molecule has 5 aromatic rings. The standard InChI is InChI=1S/C24H17ClN4OS.ClH/c25-14-15-8-10-17(11-9-15)20-21(23(30)29-24-26-12-13-31-24)28-22(27-20)19-7-3-5-16-4-1-2-6-18(16)19;/h1-13H,14H2,(H,27,28)(H,26,29,30);1H. The first kappa shape index (κ1) is 22.0. The number of nitrogens with zero attached hydrogens (tertiary/aromatic N) is 2. The molecule has 0 atom stereocenters. The van der Waals surface area contributed by atoms with Gasteiger partial charge in [-0.05, 0) is 16.3 Å². The molecule has 0 saturated carbocycles. The van der Waals surface area contributed by atoms with Gasteiger partial charge in [-0.2, -0.15) is 0 Å². The van der Waals surface area contributed by atoms with Crippen molar-refractivity contribution in [2.24, 2.45) is 0 Å². The summed E-state index contributed by atoms with van der Waals surface area (Å²) in [6.07, 6.45) is 1.65. The summed E-state index contributed by atoms with van der Waals surface area (Å²) in [6, 6.07) is 21.9. The monoisotopic (exact) mass is 480 g/mol. The third-order valence-corrected chi connectivity index (χ3v) is 6.01. The van der Waals surface area contributed by atoms with Gasteiger partial charge in [0.1, 0.15) is 17.2 Å². The summed E-state index contributed by atoms with van der Waals surface area (Å²) in [4.78, 5) is 25.3. The highest BCUT2D eigenvalue weighted by atomic mass is 35.5. The molecular formula is C24H18Cl2N4OS. The first-order chi connectivity index (χ1) is 15.2. The number of benzene rings is 3. The van der Waals surface area contributed by atoms with Crippen LogP contribution in [0, 0.1) is 0 Å². The highest BCUT2D eigenvalue weighted by molar-refractivity contribution is 7.13. The van der Waals surface area contributed by atoms with E-state index in [1.165, 1.54) is 11.3 Å². The predicted octanol–water partition coefficient (Wildman–Crippen LogP) is 6.77. The van der Waals surface area contributed by atoms with Crippen molar-refractivity contribution in [2.75, 3.05) is 5.32 Å². The smallest absolute Gasteiger partial charge is 0.276 e. The maximum Gasteiger partial charge on any atom is 0.276 e. The maximum absolute atomic E-state index is 13.1. The molecular weight excluding hydrogens is 463 g/mol. The van der Waals surface area contributed by atoms with Crippen molar-refractivity contribution in [1.82, 2.24) is 15.0 Å². The normalized spacial score (nSPS) is 10.7. The molecule has 0 aliphatic heterocycles. The molecule has 0 aliphatic rings. The van der Waals surface area contributed by atoms with Crippen LogP contribution in [0.15, 0.2) is 78.3 Å². The van der Waals surface area contributed by atoms with Gasteiger partial charge >= 0.3 is 0 Å². The van der Waals surface area contributed by atoms with Gasteiger partial charge in [0.15, 0.2) is 5.13 Å². The lowest BCUT2D eigenvalue weighted by atomic mass is 10.0. The topological polar surface area (TPSA) is 70.7 Å². The fraction of sp³-hybridized carbons (Fsp3) is 0.0417. The molecule has 0 fully saturated rings. The molecule has 0 radical (unpaired) electrons. The van der Waals surface area contributed by atoms with Gasteiger partial charge in [0.2, 0.25) is 0 Å². The number of alkyl halides is 1. The molecule has 2 aromatic heterocycles. The van der Waals surface area contributed by atoms with E-state index in [4.69, 9.17) is 16.6 Å². The van der Waals surface area contributed by atoms with Crippen molar-refractivity contribution in [2.45, 2.75) is 5.88 Å². The lowest BCUT2D eigenvalue weighted by Crippen LogP contribution is -2.13. The van der Waals surface area contributed by atoms with Crippen molar-refractivity contribution < 1.29 is 4.79 Å². The fourth-order valence-electron chi connectivity index (χ4n) is 3.50. The number of rotatable bonds is 5. The third-order valence-electron chi connectivity index (χ3n) is 5.01. The van der Waals surface area contributed by atoms with Gasteiger partial charge in [0.25, 0.3) is 5.91 Å². The summed E-state index contributed by atoms with van der Waals surface area (Å²) in [5.41, 5.74) is 3.74. The van der Waals surface area contributed by atoms with Gasteiger partial charge in [-0.25, -0.2) is 9.97 Å². The minimum atomic E-state index is -0.287. The van der Waals surface area contributed by atoms with Crippen molar-refractivity contribution in [3.05, 3.63) is 89.6 Å². The predicted molar refractivity (Wildman–Crippen MR) is 134 cm³/mol. The summed E-state index contributed by atoms with van der Waals surface area (Å²) >= 11 is 7.30. The lowest BCUT2D eigenvalue weighted by molar-refractivity contribution is 0.102. The Bertz CT molecular complexity index is 1360. The minimum Gasteiger partial charge on any atom is -0.333 e. The number of imidazole rings is 1. The van der Waals surface area contributed by atoms with Gasteiger partial charge in [0, 0.05) is 28.6 Å². The zero-order valence-corrected chi connectivity index (χ0v) is 19.1. The molecule has 32 heavy (non-hydrogen) atoms. The Morgan fingerprint density at radius 1 is 1.03 bits per heavy atom. The van der Waals surface area contributed by atoms with Gasteiger partial charge in [-0.1, -0.05) is 66.7 Å². The largest absolute Gasteiger partial charge is 0.333 e. The minimum absolute atomic E-state index is 0. The Hall–Kier alpha value is -3.19. The second kappa shape index (κ2) is 9.53. The number of hydrogen-bond acceptors (Lipinski definition) is 4. The molecule has 0 aliphatic carbocycles. The van der Waals surface area contributed by atoms with Crippen LogP contribution in [-0.4, -0.2) is 20.9 Å². The average molecular weight is 481 g/mol. The molecule has 160 valence electrons. The van der Waals surface area contributed by atoms with Crippen LogP contribution in [-0.2, 0) is 5.88 Å². The number of carbonyl (C=O) groups is 1. The number of nitrogens with one attached hydrogen (secondary N) is 2. The van der Waals surface area contributed by atoms with E-state index < -0.39 is 0 Å². The second-order valence-corrected chi connectivity index (χ2v) is 8.12. The van der Waals surface area contributed by atoms with Crippen LogP contribution >= 0.6 is 35.3 Å². The summed E-state index contributed by atoms with van der Waals surface area (Å²) < 4.78 is 0. The van der Waals surface area contributed by atoms with Crippen LogP contribution in [0.4, 0.5) is 5.13 Å². The molecule has 5 rings (SSSR count). The molecule has 0 saturated heterocycles. The van der Waals surface area contributed by atoms with Crippen LogP contribution in [0.3, 0.4) is 0 Å². The number of hydrogen-bond donors (Lipinski definition) is 2. The van der Waals surface area contributed by atoms with E-state index in [1.807, 2.05) is 53.9 Å². The van der Waals surface area contributed by atoms with E-state index in [0.717, 1.165) is 27.5 Å². The first-order valence-corrected chi connectivity index (χ1v) is 11.1. The maximum atomic E-state index is 13.1. The summed E-state index contributed by atoms with van der Waals surface area (Å²) in [5, 5.41) is 7.38. The number of H-pyrrole nitrogens is 1. The molecule has 0 bridgehead atoms. The Kier molecular flexibility index (Phi) is 6.55. The number of halogens is 2. The molecule has 8 heteroatoms. The van der Waals surface area contributed by atoms with Gasteiger partial charge in [0.05, 0.1) is 0 Å². The van der Waals surface area contributed by atoms with Gasteiger partial charge in [-0.3, -0.25) is 10.1 Å². The van der Waals surface area contributed by atoms with Crippen molar-refractivity contribution >= 4 is 57.2 Å². The second-order valence-electron chi connectivity index (χ2n) is 6.96. The molecule has 0 spiro atoms. The van der Waals surface area contributed by atoms with E-state index in [2.05, 4.69) is 33.5 Å². The van der Waals surface area contributed by atoms with Crippen LogP contribution in [0.2, 0.25) is 0 Å². The zero-order valence-electron chi connectivity index (χ0n) is 16.7. The number of anilines is 1. The van der Waals surface area contributed by atoms with E-state index in [-0.39, 0.29) is 18.3 Å². The number of amides is 1. The quantitative estimate of drug-likeness (QED) is 0.272. The summed E-state index contributed by atoms with van der Waals surface area (Å²) in [6.45, 7) is 0. The molecule has 2 heterocycles. The number of carbonyl (C=O) groups excluding carboxylic acids is 1. The first-order valence-electron chi connectivity index (χ1n) is 9.67. The third kappa shape index (κ3) is 4.25. The van der Waals surface area contributed by atoms with E-state index in [9.17, 15) is 4.79 Å². The molecule has 3 aromatic carbocycles. The molecule has 2 N–H and O–H groups in total. The van der Waals surface area contributed by atoms with E-state index >= 15 is 0 Å². The average Bonchev–Trinajstić information content (AvgIpc) is 3.49. The van der Waals surface area contributed by atoms with Crippen LogP contribution in [0.5, 0.6) is 0 Å². The Morgan fingerprint density at radius 3 is 2.56 bits per heavy atom. The van der Waals surface area contributed by atoms with Crippen LogP contribution in [0.1, 0.15) is 16.1 Å². The molecule has 0 unspecified atom stereocenters. The number of aromatic amines is 1. The van der Waals surface area contributed by atoms with E-state index in [0.29, 0.717) is 28.2 Å². The lowest BCUT2D eigenvalue weighted by Gasteiger charge is -2.04. The summed E-state index contributed by atoms with van der Waals surface area (Å²) in [7, 11) is 0. The van der Waals surface area contributed by atoms with Crippen molar-refractivity contribution in [1.29, 1.82) is 0 Å². The Morgan fingerprint density at radius 2 is 1.81 bits per heavy atom. The SMILES string of the molecule is Cl.O=C(Nc1nccs1)c1[nH]c(-c2cccc3ccccc23)nc1-c1ccc(CCl)cc1. The number of fused-ring (bicyclic) bond motifs is 1.